The smallest absolute Gasteiger partial charge is 0.322 e. The Morgan fingerprint density at radius 1 is 1.27 bits per heavy atom. The Labute approximate surface area is 157 Å². The van der Waals surface area contributed by atoms with E-state index >= 15 is 0 Å². The maximum atomic E-state index is 12.5. The number of likely N-dealkylation sites (tertiary alicyclic amines) is 1. The molecule has 1 unspecified atom stereocenters. The third-order valence-electron chi connectivity index (χ3n) is 4.48. The van der Waals surface area contributed by atoms with Gasteiger partial charge in [-0.25, -0.2) is 4.79 Å². The molecule has 0 spiro atoms. The Kier molecular flexibility index (Phi) is 6.12. The second kappa shape index (κ2) is 8.71. The first-order chi connectivity index (χ1) is 12.7. The van der Waals surface area contributed by atoms with Crippen LogP contribution in [0.5, 0.6) is 5.75 Å². The van der Waals surface area contributed by atoms with Crippen LogP contribution in [0, 0.1) is 5.92 Å². The number of nitrogens with zero attached hydrogens (tertiary/aromatic N) is 1. The number of benzene rings is 1. The lowest BCUT2D eigenvalue weighted by molar-refractivity contribution is -0.126. The zero-order valence-electron chi connectivity index (χ0n) is 14.7. The van der Waals surface area contributed by atoms with Crippen molar-refractivity contribution >= 4 is 28.3 Å². The first kappa shape index (κ1) is 18.3. The van der Waals surface area contributed by atoms with Crippen LogP contribution in [0.1, 0.15) is 18.4 Å². The maximum absolute atomic E-state index is 12.5. The van der Waals surface area contributed by atoms with Crippen molar-refractivity contribution in [1.29, 1.82) is 0 Å². The molecule has 1 aliphatic heterocycles. The molecular weight excluding hydrogens is 350 g/mol. The summed E-state index contributed by atoms with van der Waals surface area (Å²) in [7, 11) is 1.62. The minimum atomic E-state index is -0.187. The predicted molar refractivity (Wildman–Crippen MR) is 102 cm³/mol. The number of anilines is 1. The molecule has 26 heavy (non-hydrogen) atoms. The zero-order valence-corrected chi connectivity index (χ0v) is 15.6. The van der Waals surface area contributed by atoms with Crippen LogP contribution in [0.25, 0.3) is 0 Å². The van der Waals surface area contributed by atoms with Crippen LogP contribution in [0.15, 0.2) is 41.8 Å². The highest BCUT2D eigenvalue weighted by atomic mass is 32.1. The van der Waals surface area contributed by atoms with E-state index in [1.807, 2.05) is 41.8 Å². The summed E-state index contributed by atoms with van der Waals surface area (Å²) in [6, 6.07) is 11.2. The van der Waals surface area contributed by atoms with Crippen LogP contribution >= 0.6 is 11.3 Å². The van der Waals surface area contributed by atoms with Crippen molar-refractivity contribution in [2.75, 3.05) is 25.5 Å². The minimum absolute atomic E-state index is 0.0236. The molecule has 2 N–H and O–H groups in total. The molecule has 1 aromatic carbocycles. The summed E-state index contributed by atoms with van der Waals surface area (Å²) in [5.41, 5.74) is 0.937. The second-order valence-corrected chi connectivity index (χ2v) is 7.17. The predicted octanol–water partition coefficient (Wildman–Crippen LogP) is 3.32. The number of ether oxygens (including phenoxy) is 1. The number of para-hydroxylation sites is 1. The Balaban J connectivity index is 1.53. The molecule has 1 aliphatic rings. The van der Waals surface area contributed by atoms with Crippen molar-refractivity contribution < 1.29 is 14.3 Å². The van der Waals surface area contributed by atoms with Gasteiger partial charge in [0.05, 0.1) is 18.0 Å². The summed E-state index contributed by atoms with van der Waals surface area (Å²) in [5, 5.41) is 8.59. The highest BCUT2D eigenvalue weighted by Gasteiger charge is 2.28. The quantitative estimate of drug-likeness (QED) is 0.845. The number of carbonyl (C=O) groups is 2. The van der Waals surface area contributed by atoms with Gasteiger partial charge in [0.2, 0.25) is 5.91 Å². The lowest BCUT2D eigenvalue weighted by atomic mass is 9.97. The molecule has 1 fully saturated rings. The number of piperidine rings is 1. The van der Waals surface area contributed by atoms with E-state index in [4.69, 9.17) is 4.74 Å². The monoisotopic (exact) mass is 373 g/mol. The molecule has 7 heteroatoms. The third-order valence-corrected chi connectivity index (χ3v) is 5.26. The van der Waals surface area contributed by atoms with Gasteiger partial charge in [-0.3, -0.25) is 10.1 Å². The number of rotatable bonds is 5. The van der Waals surface area contributed by atoms with E-state index in [1.165, 1.54) is 11.3 Å². The number of nitrogens with one attached hydrogen (secondary N) is 2. The molecule has 2 heterocycles. The normalized spacial score (nSPS) is 16.8. The van der Waals surface area contributed by atoms with Gasteiger partial charge in [0.15, 0.2) is 0 Å². The Hall–Kier alpha value is -2.54. The van der Waals surface area contributed by atoms with Crippen LogP contribution in [-0.4, -0.2) is 37.0 Å². The molecule has 1 saturated heterocycles. The Bertz CT molecular complexity index is 748. The fraction of sp³-hybridized carbons (Fsp3) is 0.368. The number of methoxy groups -OCH3 is 1. The molecule has 3 amide bonds. The average Bonchev–Trinajstić information content (AvgIpc) is 3.19. The van der Waals surface area contributed by atoms with Gasteiger partial charge in [0.1, 0.15) is 5.75 Å². The van der Waals surface area contributed by atoms with E-state index in [1.54, 1.807) is 12.0 Å². The van der Waals surface area contributed by atoms with E-state index in [2.05, 4.69) is 10.6 Å². The van der Waals surface area contributed by atoms with Gasteiger partial charge in [0, 0.05) is 25.2 Å². The Morgan fingerprint density at radius 2 is 2.12 bits per heavy atom. The largest absolute Gasteiger partial charge is 0.496 e. The fourth-order valence-corrected chi connectivity index (χ4v) is 3.69. The SMILES string of the molecule is COc1ccccc1CNC(=O)C1CCCN(C(=O)Nc2cccs2)C1. The highest BCUT2D eigenvalue weighted by molar-refractivity contribution is 7.14. The van der Waals surface area contributed by atoms with E-state index in [0.717, 1.165) is 29.2 Å². The van der Waals surface area contributed by atoms with Crippen molar-refractivity contribution in [3.63, 3.8) is 0 Å². The van der Waals surface area contributed by atoms with Crippen LogP contribution in [-0.2, 0) is 11.3 Å². The van der Waals surface area contributed by atoms with Gasteiger partial charge in [-0.2, -0.15) is 0 Å². The van der Waals surface area contributed by atoms with Crippen molar-refractivity contribution in [3.8, 4) is 5.75 Å². The van der Waals surface area contributed by atoms with E-state index in [0.29, 0.717) is 19.6 Å². The fourth-order valence-electron chi connectivity index (χ4n) is 3.09. The van der Waals surface area contributed by atoms with Crippen LogP contribution in [0.3, 0.4) is 0 Å². The molecule has 0 saturated carbocycles. The highest BCUT2D eigenvalue weighted by Crippen LogP contribution is 2.21. The van der Waals surface area contributed by atoms with Crippen LogP contribution in [0.4, 0.5) is 9.80 Å². The molecule has 3 rings (SSSR count). The van der Waals surface area contributed by atoms with Crippen LogP contribution < -0.4 is 15.4 Å². The number of carbonyl (C=O) groups excluding carboxylic acids is 2. The topological polar surface area (TPSA) is 70.7 Å². The second-order valence-electron chi connectivity index (χ2n) is 6.22. The molecule has 138 valence electrons. The summed E-state index contributed by atoms with van der Waals surface area (Å²) in [4.78, 5) is 26.6. The lowest BCUT2D eigenvalue weighted by Gasteiger charge is -2.32. The molecule has 0 radical (unpaired) electrons. The first-order valence-corrected chi connectivity index (χ1v) is 9.54. The summed E-state index contributed by atoms with van der Waals surface area (Å²) in [6.07, 6.45) is 1.62. The van der Waals surface area contributed by atoms with Gasteiger partial charge < -0.3 is 15.0 Å². The van der Waals surface area contributed by atoms with Gasteiger partial charge >= 0.3 is 6.03 Å². The van der Waals surface area contributed by atoms with E-state index in [-0.39, 0.29) is 17.9 Å². The third kappa shape index (κ3) is 4.54. The standard InChI is InChI=1S/C19H23N3O3S/c1-25-16-8-3-2-6-14(16)12-20-18(23)15-7-4-10-22(13-15)19(24)21-17-9-5-11-26-17/h2-3,5-6,8-9,11,15H,4,7,10,12-13H2,1H3,(H,20,23)(H,21,24). The molecule has 0 aliphatic carbocycles. The summed E-state index contributed by atoms with van der Waals surface area (Å²) in [6.45, 7) is 1.53. The molecule has 6 nitrogen and oxygen atoms in total. The minimum Gasteiger partial charge on any atom is -0.496 e. The van der Waals surface area contributed by atoms with Gasteiger partial charge in [-0.15, -0.1) is 11.3 Å². The molecular formula is C19H23N3O3S. The summed E-state index contributed by atoms with van der Waals surface area (Å²) in [5.74, 6) is 0.547. The van der Waals surface area contributed by atoms with Gasteiger partial charge in [0.25, 0.3) is 0 Å². The number of hydrogen-bond acceptors (Lipinski definition) is 4. The van der Waals surface area contributed by atoms with E-state index < -0.39 is 0 Å². The van der Waals surface area contributed by atoms with E-state index in [9.17, 15) is 9.59 Å². The van der Waals surface area contributed by atoms with Crippen molar-refractivity contribution in [1.82, 2.24) is 10.2 Å². The lowest BCUT2D eigenvalue weighted by Crippen LogP contribution is -2.46. The van der Waals surface area contributed by atoms with Crippen molar-refractivity contribution in [3.05, 3.63) is 47.3 Å². The molecule has 1 atom stereocenters. The average molecular weight is 373 g/mol. The maximum Gasteiger partial charge on any atom is 0.322 e. The summed E-state index contributed by atoms with van der Waals surface area (Å²) < 4.78 is 5.31. The van der Waals surface area contributed by atoms with Crippen molar-refractivity contribution in [2.24, 2.45) is 5.92 Å². The zero-order chi connectivity index (χ0) is 18.4. The number of amides is 3. The summed E-state index contributed by atoms with van der Waals surface area (Å²) >= 11 is 1.48. The first-order valence-electron chi connectivity index (χ1n) is 8.66. The number of hydrogen-bond donors (Lipinski definition) is 2. The molecule has 1 aromatic heterocycles. The number of thiophene rings is 1. The number of urea groups is 1. The Morgan fingerprint density at radius 3 is 2.88 bits per heavy atom. The van der Waals surface area contributed by atoms with Crippen LogP contribution in [0.2, 0.25) is 0 Å². The van der Waals surface area contributed by atoms with Gasteiger partial charge in [-0.1, -0.05) is 18.2 Å². The molecule has 0 bridgehead atoms. The molecule has 2 aromatic rings. The van der Waals surface area contributed by atoms with Crippen molar-refractivity contribution in [2.45, 2.75) is 19.4 Å². The van der Waals surface area contributed by atoms with Gasteiger partial charge in [-0.05, 0) is 36.4 Å².